The average molecular weight is 1220 g/mol. The average Bonchev–Trinajstić information content (AvgIpc) is 4.16. The van der Waals surface area contributed by atoms with Crippen molar-refractivity contribution in [2.24, 2.45) is 62.3 Å². The van der Waals surface area contributed by atoms with Gasteiger partial charge < -0.3 is 115 Å². The molecule has 0 aliphatic carbocycles. The lowest BCUT2D eigenvalue weighted by Crippen LogP contribution is -2.59. The van der Waals surface area contributed by atoms with Crippen molar-refractivity contribution in [2.75, 3.05) is 65.4 Å². The number of hydrogen-bond acceptors (Lipinski definition) is 20. The molecule has 0 unspecified atom stereocenters. The highest BCUT2D eigenvalue weighted by Crippen LogP contribution is 2.20. The number of rotatable bonds is 44. The minimum absolute atomic E-state index is 0.0140. The molecule has 0 spiro atoms. The van der Waals surface area contributed by atoms with Gasteiger partial charge in [0, 0.05) is 44.0 Å². The number of likely N-dealkylation sites (tertiary alicyclic amines) is 1. The van der Waals surface area contributed by atoms with Crippen LogP contribution in [-0.4, -0.2) is 200 Å². The van der Waals surface area contributed by atoms with Crippen molar-refractivity contribution >= 4 is 65.0 Å². The molecule has 0 aromatic carbocycles. The predicted octanol–water partition coefficient (Wildman–Crippen LogP) is -7.75. The second kappa shape index (κ2) is 42.4. The Morgan fingerprint density at radius 1 is 0.640 bits per heavy atom. The Bertz CT molecular complexity index is 2340. The monoisotopic (exact) mass is 1220 g/mol. The zero-order chi connectivity index (χ0) is 64.0. The van der Waals surface area contributed by atoms with E-state index in [1.54, 1.807) is 0 Å². The summed E-state index contributed by atoms with van der Waals surface area (Å²) in [4.78, 5) is 150. The van der Waals surface area contributed by atoms with E-state index in [0.29, 0.717) is 89.7 Å². The van der Waals surface area contributed by atoms with Crippen LogP contribution in [0, 0.1) is 0 Å². The molecule has 1 aliphatic rings. The largest absolute Gasteiger partial charge is 0.370 e. The number of hydrogen-bond donors (Lipinski definition) is 20. The molecule has 10 amide bonds. The lowest BCUT2D eigenvalue weighted by atomic mass is 10.0. The number of H-pyrrole nitrogens is 1. The number of aromatic nitrogens is 2. The summed E-state index contributed by atoms with van der Waals surface area (Å²) in [5.41, 5.74) is 57.7. The molecule has 0 bridgehead atoms. The van der Waals surface area contributed by atoms with Crippen LogP contribution in [0.2, 0.25) is 0 Å². The van der Waals surface area contributed by atoms with E-state index in [1.807, 2.05) is 0 Å². The normalized spacial score (nSPS) is 16.4. The molecule has 1 aromatic rings. The Morgan fingerprint density at radius 2 is 1.22 bits per heavy atom. The summed E-state index contributed by atoms with van der Waals surface area (Å²) in [7, 11) is 0. The van der Waals surface area contributed by atoms with Gasteiger partial charge in [0.2, 0.25) is 53.2 Å². The van der Waals surface area contributed by atoms with E-state index in [0.717, 1.165) is 0 Å². The minimum Gasteiger partial charge on any atom is -0.370 e. The molecule has 33 nitrogen and oxygen atoms in total. The maximum absolute atomic E-state index is 14.5. The predicted molar refractivity (Wildman–Crippen MR) is 322 cm³/mol. The van der Waals surface area contributed by atoms with Crippen molar-refractivity contribution in [3.63, 3.8) is 0 Å². The number of nitrogens with zero attached hydrogens (tertiary/aromatic N) is 3. The molecular formula is C53H99N23O10. The van der Waals surface area contributed by atoms with Gasteiger partial charge in [-0.25, -0.2) is 4.98 Å². The number of guanidine groups is 1. The summed E-state index contributed by atoms with van der Waals surface area (Å²) >= 11 is 0. The Morgan fingerprint density at radius 3 is 1.83 bits per heavy atom. The van der Waals surface area contributed by atoms with Crippen molar-refractivity contribution in [1.29, 1.82) is 0 Å². The van der Waals surface area contributed by atoms with Gasteiger partial charge in [0.15, 0.2) is 5.96 Å². The van der Waals surface area contributed by atoms with Gasteiger partial charge in [0.25, 0.3) is 5.91 Å². The van der Waals surface area contributed by atoms with E-state index in [1.165, 1.54) is 30.4 Å². The van der Waals surface area contributed by atoms with Crippen LogP contribution in [0.1, 0.15) is 115 Å². The Labute approximate surface area is 502 Å². The molecule has 2 rings (SSSR count). The topological polar surface area (TPSA) is 583 Å². The van der Waals surface area contributed by atoms with E-state index in [9.17, 15) is 47.9 Å². The van der Waals surface area contributed by atoms with Gasteiger partial charge in [0.1, 0.15) is 48.0 Å². The third kappa shape index (κ3) is 28.7. The summed E-state index contributed by atoms with van der Waals surface area (Å²) in [6.07, 6.45) is 9.29. The smallest absolute Gasteiger partial charge is 0.268 e. The molecule has 30 N–H and O–H groups in total. The number of aliphatic imine (C=N–C) groups is 1. The molecule has 2 heterocycles. The third-order valence-corrected chi connectivity index (χ3v) is 13.8. The summed E-state index contributed by atoms with van der Waals surface area (Å²) in [6, 6.07) is -10.2. The molecular weight excluding hydrogens is 1120 g/mol. The van der Waals surface area contributed by atoms with Crippen molar-refractivity contribution in [2.45, 2.75) is 170 Å². The van der Waals surface area contributed by atoms with Gasteiger partial charge >= 0.3 is 0 Å². The summed E-state index contributed by atoms with van der Waals surface area (Å²) in [5.74, 6) is -7.51. The number of nitrogens with one attached hydrogen (secondary N) is 10. The quantitative estimate of drug-likeness (QED) is 0.0125. The molecule has 1 fully saturated rings. The lowest BCUT2D eigenvalue weighted by Gasteiger charge is -2.30. The van der Waals surface area contributed by atoms with Crippen LogP contribution in [0.4, 0.5) is 0 Å². The number of aromatic amines is 1. The van der Waals surface area contributed by atoms with Gasteiger partial charge in [-0.2, -0.15) is 0 Å². The van der Waals surface area contributed by atoms with Crippen LogP contribution in [0.5, 0.6) is 0 Å². The fourth-order valence-electron chi connectivity index (χ4n) is 8.99. The van der Waals surface area contributed by atoms with E-state index >= 15 is 0 Å². The first-order valence-corrected chi connectivity index (χ1v) is 29.6. The SMILES string of the molecule is C[C@H](NC(=O)[C@H](CCN)NC(=O)[C@@H](N)CCCCN)C(=O)NCC(=O)N[C@H](CCCN)C(=O)N1C[C@H](N)C[C@H]1C(=O)N[C@@H](Cc1cnc[nH]1)C(=O)N[C@@H](CCCCN)C(=O)N/C(=C\CCN=C(N)N)C(=O)N[C@@H](CCCCN)C(=O)NCCCCN. The zero-order valence-electron chi connectivity index (χ0n) is 49.7. The second-order valence-electron chi connectivity index (χ2n) is 21.0. The lowest BCUT2D eigenvalue weighted by molar-refractivity contribution is -0.142. The maximum Gasteiger partial charge on any atom is 0.268 e. The maximum atomic E-state index is 14.5. The van der Waals surface area contributed by atoms with Gasteiger partial charge in [-0.15, -0.1) is 0 Å². The summed E-state index contributed by atoms with van der Waals surface area (Å²) in [5, 5.41) is 23.7. The second-order valence-corrected chi connectivity index (χ2v) is 21.0. The van der Waals surface area contributed by atoms with Gasteiger partial charge in [-0.05, 0) is 143 Å². The van der Waals surface area contributed by atoms with Crippen LogP contribution in [0.25, 0.3) is 0 Å². The van der Waals surface area contributed by atoms with E-state index in [-0.39, 0.29) is 95.7 Å². The standard InChI is InChI=1S/C53H99N23O10/c1-32(69-47(81)39(17-23-59)71-45(79)35(61)12-2-5-18-54)44(78)67-29-43(77)70-40(15-10-22-58)52(86)76-30-33(60)26-42(76)51(85)75-41(27-34-28-64-31-68-34)50(84)74-37(14-4-7-20-56)48(82)73-38(16-11-25-66-53(62)63)49(83)72-36(13-3-6-19-55)46(80)65-24-9-8-21-57/h16,28,31-33,35-37,39-42H,2-15,17-27,29-30,54-61H2,1H3,(H,64,68)(H,65,80)(H,67,78)(H,69,81)(H,70,77)(H,71,79)(H,72,83)(H,73,82)(H,74,84)(H,75,85)(H4,62,63,66)/b38-16-/t32-,33+,35-,36-,37-,39-,40+,41-,42-/m0/s1. The number of carbonyl (C=O) groups is 10. The van der Waals surface area contributed by atoms with Gasteiger partial charge in [-0.1, -0.05) is 12.5 Å². The molecule has 1 aromatic heterocycles. The van der Waals surface area contributed by atoms with Gasteiger partial charge in [-0.3, -0.25) is 52.9 Å². The Balaban J connectivity index is 2.35. The molecule has 1 aliphatic heterocycles. The van der Waals surface area contributed by atoms with Crippen molar-refractivity contribution in [3.05, 3.63) is 30.0 Å². The van der Waals surface area contributed by atoms with Crippen molar-refractivity contribution < 1.29 is 47.9 Å². The van der Waals surface area contributed by atoms with Crippen LogP contribution >= 0.6 is 0 Å². The highest BCUT2D eigenvalue weighted by molar-refractivity contribution is 6.02. The zero-order valence-corrected chi connectivity index (χ0v) is 49.7. The molecule has 9 atom stereocenters. The highest BCUT2D eigenvalue weighted by Gasteiger charge is 2.42. The van der Waals surface area contributed by atoms with E-state index < -0.39 is 120 Å². The van der Waals surface area contributed by atoms with E-state index in [2.05, 4.69) is 62.8 Å². The minimum atomic E-state index is -1.42. The van der Waals surface area contributed by atoms with Crippen molar-refractivity contribution in [1.82, 2.24) is 62.7 Å². The van der Waals surface area contributed by atoms with Crippen LogP contribution in [0.3, 0.4) is 0 Å². The Kier molecular flexibility index (Phi) is 36.8. The van der Waals surface area contributed by atoms with E-state index in [4.69, 9.17) is 57.3 Å². The molecule has 0 saturated carbocycles. The van der Waals surface area contributed by atoms with Crippen LogP contribution in [0.15, 0.2) is 29.3 Å². The molecule has 1 saturated heterocycles. The molecule has 86 heavy (non-hydrogen) atoms. The third-order valence-electron chi connectivity index (χ3n) is 13.8. The summed E-state index contributed by atoms with van der Waals surface area (Å²) < 4.78 is 0. The fraction of sp³-hybridized carbons (Fsp3) is 0.698. The Hall–Kier alpha value is -7.40. The van der Waals surface area contributed by atoms with Crippen LogP contribution in [-0.2, 0) is 54.4 Å². The molecule has 33 heteroatoms. The molecule has 486 valence electrons. The number of nitrogens with two attached hydrogens (primary N) is 10. The van der Waals surface area contributed by atoms with Gasteiger partial charge in [0.05, 0.1) is 18.9 Å². The highest BCUT2D eigenvalue weighted by atomic mass is 16.2. The number of carbonyl (C=O) groups excluding carboxylic acids is 10. The number of unbranched alkanes of at least 4 members (excludes halogenated alkanes) is 4. The number of imidazole rings is 1. The first-order chi connectivity index (χ1) is 41.1. The fourth-order valence-corrected chi connectivity index (χ4v) is 8.99. The first kappa shape index (κ1) is 74.7. The first-order valence-electron chi connectivity index (χ1n) is 29.6. The summed E-state index contributed by atoms with van der Waals surface area (Å²) in [6.45, 7) is 2.55. The number of amides is 10. The van der Waals surface area contributed by atoms with Crippen LogP contribution < -0.4 is 105 Å². The van der Waals surface area contributed by atoms with Crippen molar-refractivity contribution in [3.8, 4) is 0 Å². The molecule has 0 radical (unpaired) electrons.